The van der Waals surface area contributed by atoms with Crippen LogP contribution in [0.25, 0.3) is 6.08 Å². The van der Waals surface area contributed by atoms with Crippen LogP contribution in [0.3, 0.4) is 0 Å². The molecule has 0 aliphatic carbocycles. The van der Waals surface area contributed by atoms with Crippen LogP contribution in [0.1, 0.15) is 26.3 Å². The van der Waals surface area contributed by atoms with Gasteiger partial charge in [-0.05, 0) is 48.0 Å². The van der Waals surface area contributed by atoms with Crippen LogP contribution in [0, 0.1) is 0 Å². The number of rotatable bonds is 6. The number of allylic oxidation sites excluding steroid dienone is 1. The standard InChI is InChI=1S/C25H20O7/c1-28-17-11-12-18-21(14-17)32-22(24(18)26)13-15-7-9-16(10-8-15)31-25(27)23-19(29-2)5-4-6-20(23)30-3/h4-14H,1-3H3/b22-13-. The average Bonchev–Trinajstić information content (AvgIpc) is 3.13. The van der Waals surface area contributed by atoms with Gasteiger partial charge in [0.2, 0.25) is 5.78 Å². The molecule has 0 radical (unpaired) electrons. The lowest BCUT2D eigenvalue weighted by atomic mass is 10.1. The van der Waals surface area contributed by atoms with E-state index in [4.69, 9.17) is 23.7 Å². The molecule has 4 rings (SSSR count). The maximum absolute atomic E-state index is 12.7. The number of benzene rings is 3. The number of Topliss-reactive ketones (excluding diaryl/α,β-unsaturated/α-hetero) is 1. The van der Waals surface area contributed by atoms with Crippen LogP contribution in [0.15, 0.2) is 66.4 Å². The van der Waals surface area contributed by atoms with Gasteiger partial charge in [0.15, 0.2) is 5.76 Å². The maximum Gasteiger partial charge on any atom is 0.351 e. The predicted octanol–water partition coefficient (Wildman–Crippen LogP) is 4.55. The highest BCUT2D eigenvalue weighted by Crippen LogP contribution is 2.35. The summed E-state index contributed by atoms with van der Waals surface area (Å²) in [6.07, 6.45) is 1.63. The van der Waals surface area contributed by atoms with E-state index in [0.717, 1.165) is 0 Å². The molecule has 0 N–H and O–H groups in total. The molecular weight excluding hydrogens is 412 g/mol. The Morgan fingerprint density at radius 1 is 0.844 bits per heavy atom. The van der Waals surface area contributed by atoms with Crippen molar-refractivity contribution in [1.29, 1.82) is 0 Å². The van der Waals surface area contributed by atoms with Gasteiger partial charge in [0, 0.05) is 6.07 Å². The van der Waals surface area contributed by atoms with Crippen molar-refractivity contribution < 1.29 is 33.3 Å². The quantitative estimate of drug-likeness (QED) is 0.321. The third-order valence-electron chi connectivity index (χ3n) is 4.90. The number of carbonyl (C=O) groups is 2. The van der Waals surface area contributed by atoms with E-state index in [1.54, 1.807) is 73.8 Å². The summed E-state index contributed by atoms with van der Waals surface area (Å²) in [6.45, 7) is 0. The van der Waals surface area contributed by atoms with Crippen molar-refractivity contribution in [1.82, 2.24) is 0 Å². The first-order chi connectivity index (χ1) is 15.5. The second-order valence-electron chi connectivity index (χ2n) is 6.80. The van der Waals surface area contributed by atoms with E-state index in [9.17, 15) is 9.59 Å². The zero-order chi connectivity index (χ0) is 22.7. The largest absolute Gasteiger partial charge is 0.497 e. The smallest absolute Gasteiger partial charge is 0.351 e. The Balaban J connectivity index is 1.51. The lowest BCUT2D eigenvalue weighted by molar-refractivity contribution is 0.0727. The van der Waals surface area contributed by atoms with Gasteiger partial charge in [0.1, 0.15) is 34.3 Å². The van der Waals surface area contributed by atoms with E-state index in [-0.39, 0.29) is 17.1 Å². The van der Waals surface area contributed by atoms with E-state index in [2.05, 4.69) is 0 Å². The fourth-order valence-corrected chi connectivity index (χ4v) is 3.29. The van der Waals surface area contributed by atoms with E-state index in [1.165, 1.54) is 14.2 Å². The zero-order valence-corrected chi connectivity index (χ0v) is 17.7. The highest BCUT2D eigenvalue weighted by atomic mass is 16.5. The second kappa shape index (κ2) is 8.85. The molecule has 1 heterocycles. The molecule has 3 aromatic rings. The number of ether oxygens (including phenoxy) is 5. The first-order valence-corrected chi connectivity index (χ1v) is 9.69. The Bertz CT molecular complexity index is 1190. The third kappa shape index (κ3) is 4.00. The van der Waals surface area contributed by atoms with Crippen LogP contribution in [0.2, 0.25) is 0 Å². The first-order valence-electron chi connectivity index (χ1n) is 9.69. The van der Waals surface area contributed by atoms with Crippen molar-refractivity contribution in [2.75, 3.05) is 21.3 Å². The summed E-state index contributed by atoms with van der Waals surface area (Å²) in [5.74, 6) is 1.49. The maximum atomic E-state index is 12.7. The van der Waals surface area contributed by atoms with Gasteiger partial charge < -0.3 is 23.7 Å². The molecule has 0 saturated heterocycles. The van der Waals surface area contributed by atoms with E-state index in [1.807, 2.05) is 0 Å². The van der Waals surface area contributed by atoms with Crippen molar-refractivity contribution in [3.05, 3.63) is 83.1 Å². The van der Waals surface area contributed by atoms with Gasteiger partial charge in [-0.25, -0.2) is 4.79 Å². The highest BCUT2D eigenvalue weighted by Gasteiger charge is 2.27. The van der Waals surface area contributed by atoms with Crippen LogP contribution >= 0.6 is 0 Å². The Labute approximate surface area is 184 Å². The number of hydrogen-bond donors (Lipinski definition) is 0. The number of carbonyl (C=O) groups excluding carboxylic acids is 2. The molecule has 3 aromatic carbocycles. The van der Waals surface area contributed by atoms with Gasteiger partial charge in [0.05, 0.1) is 26.9 Å². The normalized spacial score (nSPS) is 13.3. The molecule has 0 spiro atoms. The summed E-state index contributed by atoms with van der Waals surface area (Å²) < 4.78 is 26.8. The summed E-state index contributed by atoms with van der Waals surface area (Å²) in [7, 11) is 4.48. The summed E-state index contributed by atoms with van der Waals surface area (Å²) in [6, 6.07) is 16.8. The molecule has 0 fully saturated rings. The molecule has 7 heteroatoms. The van der Waals surface area contributed by atoms with Crippen LogP contribution in [0.4, 0.5) is 0 Å². The number of methoxy groups -OCH3 is 3. The summed E-state index contributed by atoms with van der Waals surface area (Å²) >= 11 is 0. The van der Waals surface area contributed by atoms with Gasteiger partial charge in [-0.2, -0.15) is 0 Å². The van der Waals surface area contributed by atoms with Crippen molar-refractivity contribution in [2.24, 2.45) is 0 Å². The van der Waals surface area contributed by atoms with Crippen LogP contribution in [0.5, 0.6) is 28.7 Å². The SMILES string of the molecule is COc1ccc2c(c1)O/C(=C\c1ccc(OC(=O)c3c(OC)cccc3OC)cc1)C2=O. The molecule has 0 aromatic heterocycles. The molecule has 0 amide bonds. The molecular formula is C25H20O7. The molecule has 162 valence electrons. The predicted molar refractivity (Wildman–Crippen MR) is 117 cm³/mol. The first kappa shape index (κ1) is 21.0. The zero-order valence-electron chi connectivity index (χ0n) is 17.7. The number of ketones is 1. The molecule has 7 nitrogen and oxygen atoms in total. The lowest BCUT2D eigenvalue weighted by Crippen LogP contribution is -2.11. The van der Waals surface area contributed by atoms with Gasteiger partial charge in [-0.3, -0.25) is 4.79 Å². The van der Waals surface area contributed by atoms with Gasteiger partial charge in [-0.15, -0.1) is 0 Å². The van der Waals surface area contributed by atoms with Gasteiger partial charge in [0.25, 0.3) is 0 Å². The summed E-state index contributed by atoms with van der Waals surface area (Å²) in [5, 5.41) is 0. The Morgan fingerprint density at radius 3 is 2.12 bits per heavy atom. The molecule has 1 aliphatic heterocycles. The Hall–Kier alpha value is -4.26. The average molecular weight is 432 g/mol. The number of esters is 1. The van der Waals surface area contributed by atoms with Crippen LogP contribution in [-0.4, -0.2) is 33.1 Å². The fourth-order valence-electron chi connectivity index (χ4n) is 3.29. The molecule has 1 aliphatic rings. The van der Waals surface area contributed by atoms with Crippen LogP contribution in [-0.2, 0) is 0 Å². The minimum atomic E-state index is -0.607. The monoisotopic (exact) mass is 432 g/mol. The minimum Gasteiger partial charge on any atom is -0.497 e. The van der Waals surface area contributed by atoms with Gasteiger partial charge in [-0.1, -0.05) is 18.2 Å². The molecule has 0 saturated carbocycles. The topological polar surface area (TPSA) is 80.3 Å². The number of fused-ring (bicyclic) bond motifs is 1. The van der Waals surface area contributed by atoms with Crippen molar-refractivity contribution in [3.8, 4) is 28.7 Å². The van der Waals surface area contributed by atoms with Crippen molar-refractivity contribution >= 4 is 17.8 Å². The molecule has 32 heavy (non-hydrogen) atoms. The molecule has 0 unspecified atom stereocenters. The van der Waals surface area contributed by atoms with E-state index < -0.39 is 5.97 Å². The van der Waals surface area contributed by atoms with E-state index >= 15 is 0 Å². The molecule has 0 bridgehead atoms. The molecule has 0 atom stereocenters. The highest BCUT2D eigenvalue weighted by molar-refractivity contribution is 6.14. The van der Waals surface area contributed by atoms with E-state index in [0.29, 0.717) is 39.9 Å². The number of hydrogen-bond acceptors (Lipinski definition) is 7. The van der Waals surface area contributed by atoms with Gasteiger partial charge >= 0.3 is 5.97 Å². The second-order valence-corrected chi connectivity index (χ2v) is 6.80. The summed E-state index contributed by atoms with van der Waals surface area (Å²) in [4.78, 5) is 25.3. The Kier molecular flexibility index (Phi) is 5.81. The van der Waals surface area contributed by atoms with Crippen LogP contribution < -0.4 is 23.7 Å². The van der Waals surface area contributed by atoms with Crippen molar-refractivity contribution in [2.45, 2.75) is 0 Å². The fraction of sp³-hybridized carbons (Fsp3) is 0.120. The van der Waals surface area contributed by atoms with Crippen molar-refractivity contribution in [3.63, 3.8) is 0 Å². The minimum absolute atomic E-state index is 0.196. The Morgan fingerprint density at radius 2 is 1.50 bits per heavy atom. The third-order valence-corrected chi connectivity index (χ3v) is 4.90. The summed E-state index contributed by atoms with van der Waals surface area (Å²) in [5.41, 5.74) is 1.39. The lowest BCUT2D eigenvalue weighted by Gasteiger charge is -2.12.